The zero-order chi connectivity index (χ0) is 13.7. The van der Waals surface area contributed by atoms with Crippen molar-refractivity contribution in [3.8, 4) is 0 Å². The molecule has 5 heteroatoms. The molecule has 4 nitrogen and oxygen atoms in total. The first-order valence-electron chi connectivity index (χ1n) is 6.43. The standard InChI is InChI=1S/C14H19BrN4/c1-2-19-10-12(9-17-19)8-14(18-16)7-11-4-3-5-13(15)6-11/h3-6,9-10,14,18H,2,7-8,16H2,1H3. The average Bonchev–Trinajstić information content (AvgIpc) is 2.85. The SMILES string of the molecule is CCn1cc(CC(Cc2cccc(Br)c2)NN)cn1. The Morgan fingerprint density at radius 1 is 1.37 bits per heavy atom. The molecule has 1 aromatic carbocycles. The second kappa shape index (κ2) is 6.84. The van der Waals surface area contributed by atoms with E-state index in [-0.39, 0.29) is 6.04 Å². The Kier molecular flexibility index (Phi) is 5.13. The van der Waals surface area contributed by atoms with Gasteiger partial charge in [0.1, 0.15) is 0 Å². The Balaban J connectivity index is 2.00. The molecule has 102 valence electrons. The van der Waals surface area contributed by atoms with Crippen LogP contribution in [0.5, 0.6) is 0 Å². The summed E-state index contributed by atoms with van der Waals surface area (Å²) in [7, 11) is 0. The molecule has 0 saturated heterocycles. The van der Waals surface area contributed by atoms with Crippen LogP contribution in [0.3, 0.4) is 0 Å². The van der Waals surface area contributed by atoms with E-state index < -0.39 is 0 Å². The molecule has 1 unspecified atom stereocenters. The maximum Gasteiger partial charge on any atom is 0.0522 e. The molecule has 0 spiro atoms. The number of hydrogen-bond donors (Lipinski definition) is 2. The Morgan fingerprint density at radius 3 is 2.79 bits per heavy atom. The lowest BCUT2D eigenvalue weighted by molar-refractivity contribution is 0.522. The Bertz CT molecular complexity index is 524. The van der Waals surface area contributed by atoms with Crippen LogP contribution in [0, 0.1) is 0 Å². The number of aryl methyl sites for hydroxylation is 1. The van der Waals surface area contributed by atoms with Crippen molar-refractivity contribution in [2.75, 3.05) is 0 Å². The van der Waals surface area contributed by atoms with E-state index in [2.05, 4.69) is 51.7 Å². The fourth-order valence-corrected chi connectivity index (χ4v) is 2.55. The number of nitrogens with zero attached hydrogens (tertiary/aromatic N) is 2. The van der Waals surface area contributed by atoms with Crippen molar-refractivity contribution >= 4 is 15.9 Å². The molecule has 19 heavy (non-hydrogen) atoms. The van der Waals surface area contributed by atoms with Crippen LogP contribution < -0.4 is 11.3 Å². The largest absolute Gasteiger partial charge is 0.273 e. The predicted molar refractivity (Wildman–Crippen MR) is 80.6 cm³/mol. The summed E-state index contributed by atoms with van der Waals surface area (Å²) in [5, 5.41) is 4.28. The van der Waals surface area contributed by atoms with Crippen molar-refractivity contribution in [3.05, 3.63) is 52.3 Å². The molecule has 0 aliphatic carbocycles. The second-order valence-corrected chi connectivity index (χ2v) is 5.52. The van der Waals surface area contributed by atoms with Gasteiger partial charge >= 0.3 is 0 Å². The number of aromatic nitrogens is 2. The lowest BCUT2D eigenvalue weighted by atomic mass is 10.0. The minimum Gasteiger partial charge on any atom is -0.273 e. The van der Waals surface area contributed by atoms with Crippen LogP contribution in [0.2, 0.25) is 0 Å². The summed E-state index contributed by atoms with van der Waals surface area (Å²) in [5.74, 6) is 5.66. The van der Waals surface area contributed by atoms with Crippen LogP contribution in [0.15, 0.2) is 41.1 Å². The van der Waals surface area contributed by atoms with Crippen molar-refractivity contribution in [2.45, 2.75) is 32.4 Å². The van der Waals surface area contributed by atoms with Gasteiger partial charge in [-0.25, -0.2) is 0 Å². The molecule has 0 aliphatic heterocycles. The first-order chi connectivity index (χ1) is 9.21. The number of hydrogen-bond acceptors (Lipinski definition) is 3. The number of hydrazine groups is 1. The van der Waals surface area contributed by atoms with Crippen LogP contribution in [-0.4, -0.2) is 15.8 Å². The van der Waals surface area contributed by atoms with Gasteiger partial charge in [0.25, 0.3) is 0 Å². The van der Waals surface area contributed by atoms with Crippen LogP contribution in [-0.2, 0) is 19.4 Å². The third-order valence-electron chi connectivity index (χ3n) is 3.10. The van der Waals surface area contributed by atoms with E-state index in [0.717, 1.165) is 23.9 Å². The third kappa shape index (κ3) is 4.16. The highest BCUT2D eigenvalue weighted by Gasteiger charge is 2.10. The summed E-state index contributed by atoms with van der Waals surface area (Å²) in [5.41, 5.74) is 5.37. The van der Waals surface area contributed by atoms with Crippen LogP contribution in [0.1, 0.15) is 18.1 Å². The second-order valence-electron chi connectivity index (χ2n) is 4.61. The molecule has 0 bridgehead atoms. The summed E-state index contributed by atoms with van der Waals surface area (Å²) in [4.78, 5) is 0. The normalized spacial score (nSPS) is 12.6. The van der Waals surface area contributed by atoms with E-state index >= 15 is 0 Å². The zero-order valence-corrected chi connectivity index (χ0v) is 12.6. The lowest BCUT2D eigenvalue weighted by Gasteiger charge is -2.15. The molecule has 2 rings (SSSR count). The van der Waals surface area contributed by atoms with Gasteiger partial charge in [0.15, 0.2) is 0 Å². The maximum absolute atomic E-state index is 5.66. The average molecular weight is 323 g/mol. The van der Waals surface area contributed by atoms with E-state index in [0.29, 0.717) is 0 Å². The fraction of sp³-hybridized carbons (Fsp3) is 0.357. The van der Waals surface area contributed by atoms with Gasteiger partial charge in [-0.05, 0) is 43.0 Å². The lowest BCUT2D eigenvalue weighted by Crippen LogP contribution is -2.38. The highest BCUT2D eigenvalue weighted by molar-refractivity contribution is 9.10. The monoisotopic (exact) mass is 322 g/mol. The molecule has 3 N–H and O–H groups in total. The minimum atomic E-state index is 0.212. The van der Waals surface area contributed by atoms with Gasteiger partial charge in [-0.2, -0.15) is 5.10 Å². The van der Waals surface area contributed by atoms with Crippen LogP contribution in [0.25, 0.3) is 0 Å². The summed E-state index contributed by atoms with van der Waals surface area (Å²) in [6, 6.07) is 8.52. The first kappa shape index (κ1) is 14.2. The van der Waals surface area contributed by atoms with E-state index in [1.165, 1.54) is 11.1 Å². The molecular formula is C14H19BrN4. The van der Waals surface area contributed by atoms with Gasteiger partial charge in [0.2, 0.25) is 0 Å². The van der Waals surface area contributed by atoms with E-state index in [1.54, 1.807) is 0 Å². The number of rotatable bonds is 6. The number of halogens is 1. The Labute approximate surface area is 122 Å². The maximum atomic E-state index is 5.66. The number of nitrogens with two attached hydrogens (primary N) is 1. The molecule has 1 heterocycles. The van der Waals surface area contributed by atoms with Crippen molar-refractivity contribution in [2.24, 2.45) is 5.84 Å². The van der Waals surface area contributed by atoms with Crippen LogP contribution in [0.4, 0.5) is 0 Å². The van der Waals surface area contributed by atoms with E-state index in [4.69, 9.17) is 5.84 Å². The molecule has 0 aliphatic rings. The molecular weight excluding hydrogens is 304 g/mol. The quantitative estimate of drug-likeness (QED) is 0.633. The molecule has 0 fully saturated rings. The molecule has 1 aromatic heterocycles. The molecule has 2 aromatic rings. The van der Waals surface area contributed by atoms with E-state index in [1.807, 2.05) is 23.0 Å². The summed E-state index contributed by atoms with van der Waals surface area (Å²) in [6.45, 7) is 2.98. The number of benzene rings is 1. The minimum absolute atomic E-state index is 0.212. The van der Waals surface area contributed by atoms with Gasteiger partial charge < -0.3 is 0 Å². The fourth-order valence-electron chi connectivity index (χ4n) is 2.11. The third-order valence-corrected chi connectivity index (χ3v) is 3.59. The van der Waals surface area contributed by atoms with Crippen molar-refractivity contribution < 1.29 is 0 Å². The summed E-state index contributed by atoms with van der Waals surface area (Å²) < 4.78 is 3.03. The number of nitrogens with one attached hydrogen (secondary N) is 1. The molecule has 0 amide bonds. The van der Waals surface area contributed by atoms with Gasteiger partial charge in [0.05, 0.1) is 6.20 Å². The smallest absolute Gasteiger partial charge is 0.0522 e. The van der Waals surface area contributed by atoms with Gasteiger partial charge in [0, 0.05) is 23.3 Å². The highest BCUT2D eigenvalue weighted by atomic mass is 79.9. The predicted octanol–water partition coefficient (Wildman–Crippen LogP) is 2.28. The van der Waals surface area contributed by atoms with Crippen molar-refractivity contribution in [3.63, 3.8) is 0 Å². The highest BCUT2D eigenvalue weighted by Crippen LogP contribution is 2.14. The topological polar surface area (TPSA) is 55.9 Å². The van der Waals surface area contributed by atoms with Crippen molar-refractivity contribution in [1.29, 1.82) is 0 Å². The van der Waals surface area contributed by atoms with Gasteiger partial charge in [-0.15, -0.1) is 0 Å². The van der Waals surface area contributed by atoms with Gasteiger partial charge in [-0.3, -0.25) is 16.0 Å². The summed E-state index contributed by atoms with van der Waals surface area (Å²) in [6.07, 6.45) is 5.76. The van der Waals surface area contributed by atoms with Gasteiger partial charge in [-0.1, -0.05) is 28.1 Å². The van der Waals surface area contributed by atoms with Crippen LogP contribution >= 0.6 is 15.9 Å². The molecule has 0 saturated carbocycles. The summed E-state index contributed by atoms with van der Waals surface area (Å²) >= 11 is 3.49. The van der Waals surface area contributed by atoms with Crippen molar-refractivity contribution in [1.82, 2.24) is 15.2 Å². The Morgan fingerprint density at radius 2 is 2.16 bits per heavy atom. The van der Waals surface area contributed by atoms with E-state index in [9.17, 15) is 0 Å². The molecule has 0 radical (unpaired) electrons. The molecule has 1 atom stereocenters. The zero-order valence-electron chi connectivity index (χ0n) is 11.0. The Hall–Kier alpha value is -1.17. The first-order valence-corrected chi connectivity index (χ1v) is 7.22.